The lowest BCUT2D eigenvalue weighted by Crippen LogP contribution is -2.48. The Morgan fingerprint density at radius 3 is 2.91 bits per heavy atom. The average molecular weight is 307 g/mol. The summed E-state index contributed by atoms with van der Waals surface area (Å²) in [6, 6.07) is -0.166. The molecule has 0 saturated carbocycles. The largest absolute Gasteiger partial charge is 0.383 e. The molecule has 0 aromatic heterocycles. The number of hydrogen-bond acceptors (Lipinski definition) is 5. The number of ether oxygens (including phenoxy) is 1. The quantitative estimate of drug-likeness (QED) is 0.744. The van der Waals surface area contributed by atoms with E-state index in [1.165, 1.54) is 10.4 Å². The minimum Gasteiger partial charge on any atom is -0.383 e. The number of nitrogens with one attached hydrogen (secondary N) is 2. The molecule has 1 unspecified atom stereocenters. The summed E-state index contributed by atoms with van der Waals surface area (Å²) in [5.74, 6) is 0.442. The van der Waals surface area contributed by atoms with Crippen molar-refractivity contribution in [2.24, 2.45) is 5.92 Å². The summed E-state index contributed by atoms with van der Waals surface area (Å²) in [6.07, 6.45) is 2.62. The molecule has 7 heteroatoms. The standard InChI is InChI=1S/C15H22N4O3/c1-9(2)6-10-7-12-16-13-11(14(20)19(12)17-10)8-18(15(13)21)4-5-22-3/h7,9-10,16-17H,4-6,8H2,1-3H3/i/hD. The van der Waals surface area contributed by atoms with E-state index in [2.05, 4.69) is 19.2 Å². The van der Waals surface area contributed by atoms with Crippen LogP contribution in [0.2, 0.25) is 1.41 Å². The van der Waals surface area contributed by atoms with Crippen LogP contribution in [0, 0.1) is 5.92 Å². The fourth-order valence-corrected chi connectivity index (χ4v) is 2.92. The van der Waals surface area contributed by atoms with E-state index in [-0.39, 0.29) is 24.4 Å². The Morgan fingerprint density at radius 2 is 2.23 bits per heavy atom. The van der Waals surface area contributed by atoms with Crippen LogP contribution in [0.1, 0.15) is 20.3 Å². The van der Waals surface area contributed by atoms with Gasteiger partial charge in [-0.1, -0.05) is 13.8 Å². The van der Waals surface area contributed by atoms with Gasteiger partial charge >= 0.3 is 0 Å². The van der Waals surface area contributed by atoms with Crippen LogP contribution in [0.4, 0.5) is 0 Å². The Labute approximate surface area is 131 Å². The first kappa shape index (κ1) is 13.8. The second-order valence-electron chi connectivity index (χ2n) is 6.18. The molecular weight excluding hydrogens is 284 g/mol. The zero-order valence-electron chi connectivity index (χ0n) is 14.1. The molecule has 7 nitrogen and oxygen atoms in total. The average Bonchev–Trinajstić information content (AvgIpc) is 2.96. The highest BCUT2D eigenvalue weighted by atomic mass is 16.5. The van der Waals surface area contributed by atoms with E-state index in [0.717, 1.165) is 6.42 Å². The van der Waals surface area contributed by atoms with Crippen molar-refractivity contribution in [2.75, 3.05) is 26.8 Å². The van der Waals surface area contributed by atoms with Crippen LogP contribution in [0.5, 0.6) is 0 Å². The van der Waals surface area contributed by atoms with Crippen LogP contribution in [-0.4, -0.2) is 54.6 Å². The van der Waals surface area contributed by atoms with Crippen molar-refractivity contribution in [3.05, 3.63) is 23.2 Å². The molecule has 120 valence electrons. The van der Waals surface area contributed by atoms with Gasteiger partial charge in [0, 0.05) is 19.7 Å². The topological polar surface area (TPSA) is 73.9 Å². The second-order valence-corrected chi connectivity index (χ2v) is 6.18. The molecule has 0 spiro atoms. The minimum atomic E-state index is -0.292. The molecule has 3 rings (SSSR count). The summed E-state index contributed by atoms with van der Waals surface area (Å²) in [4.78, 5) is 26.7. The molecule has 2 amide bonds. The van der Waals surface area contributed by atoms with Crippen LogP contribution < -0.4 is 10.7 Å². The minimum absolute atomic E-state index is 0.166. The molecule has 0 aromatic carbocycles. The highest BCUT2D eigenvalue weighted by molar-refractivity contribution is 6.10. The molecule has 3 aliphatic rings. The number of nitrogens with zero attached hydrogens (tertiary/aromatic N) is 2. The summed E-state index contributed by atoms with van der Waals surface area (Å²) in [7, 11) is 1.57. The highest BCUT2D eigenvalue weighted by Gasteiger charge is 2.43. The predicted octanol–water partition coefficient (Wildman–Crippen LogP) is -0.0648. The predicted molar refractivity (Wildman–Crippen MR) is 79.9 cm³/mol. The summed E-state index contributed by atoms with van der Waals surface area (Å²) in [6.45, 7) is 5.28. The van der Waals surface area contributed by atoms with Crippen molar-refractivity contribution in [1.82, 2.24) is 20.6 Å². The van der Waals surface area contributed by atoms with Crippen LogP contribution >= 0.6 is 0 Å². The van der Waals surface area contributed by atoms with E-state index in [1.54, 1.807) is 12.0 Å². The van der Waals surface area contributed by atoms with Gasteiger partial charge in [0.1, 0.15) is 12.9 Å². The smallest absolute Gasteiger partial charge is 0.274 e. The fourth-order valence-electron chi connectivity index (χ4n) is 2.92. The molecule has 3 aliphatic heterocycles. The Kier molecular flexibility index (Phi) is 3.59. The second kappa shape index (κ2) is 5.73. The summed E-state index contributed by atoms with van der Waals surface area (Å²) < 4.78 is 13.2. The lowest BCUT2D eigenvalue weighted by Gasteiger charge is -2.27. The van der Waals surface area contributed by atoms with Crippen LogP contribution in [0.25, 0.3) is 0 Å². The van der Waals surface area contributed by atoms with E-state index < -0.39 is 0 Å². The molecule has 22 heavy (non-hydrogen) atoms. The maximum absolute atomic E-state index is 12.7. The zero-order valence-corrected chi connectivity index (χ0v) is 13.1. The number of hydrogen-bond donors (Lipinski definition) is 2. The molecule has 0 aromatic rings. The van der Waals surface area contributed by atoms with Gasteiger partial charge in [0.2, 0.25) is 0 Å². The third kappa shape index (κ3) is 2.50. The van der Waals surface area contributed by atoms with Crippen molar-refractivity contribution in [3.63, 3.8) is 0 Å². The van der Waals surface area contributed by atoms with Crippen LogP contribution in [-0.2, 0) is 14.3 Å². The molecule has 1 atom stereocenters. The van der Waals surface area contributed by atoms with Crippen LogP contribution in [0.15, 0.2) is 23.2 Å². The summed E-state index contributed by atoms with van der Waals surface area (Å²) in [5.41, 5.74) is 1.97. The number of rotatable bonds is 5. The van der Waals surface area contributed by atoms with Gasteiger partial charge < -0.3 is 15.0 Å². The van der Waals surface area contributed by atoms with Crippen molar-refractivity contribution in [3.8, 4) is 0 Å². The third-order valence-corrected chi connectivity index (χ3v) is 3.98. The zero-order chi connectivity index (χ0) is 16.7. The first-order valence-electron chi connectivity index (χ1n) is 8.01. The molecule has 0 saturated heterocycles. The fraction of sp³-hybridized carbons (Fsp3) is 0.600. The Morgan fingerprint density at radius 1 is 1.45 bits per heavy atom. The van der Waals surface area contributed by atoms with E-state index in [9.17, 15) is 9.59 Å². The maximum atomic E-state index is 12.7. The summed E-state index contributed by atoms with van der Waals surface area (Å²) >= 11 is 0. The number of methoxy groups -OCH3 is 1. The van der Waals surface area contributed by atoms with Crippen molar-refractivity contribution >= 4 is 11.8 Å². The van der Waals surface area contributed by atoms with E-state index in [4.69, 9.17) is 6.15 Å². The lowest BCUT2D eigenvalue weighted by atomic mass is 10.0. The molecular formula is C15H22N4O3. The molecule has 3 heterocycles. The number of carbonyl (C=O) groups excluding carboxylic acids is 2. The van der Waals surface area contributed by atoms with Gasteiger partial charge in [0.15, 0.2) is 0 Å². The lowest BCUT2D eigenvalue weighted by molar-refractivity contribution is -0.129. The van der Waals surface area contributed by atoms with Gasteiger partial charge in [-0.15, -0.1) is 0 Å². The van der Waals surface area contributed by atoms with Gasteiger partial charge in [0.05, 0.1) is 18.7 Å². The van der Waals surface area contributed by atoms with Crippen molar-refractivity contribution in [2.45, 2.75) is 26.3 Å². The Hall–Kier alpha value is -1.86. The van der Waals surface area contributed by atoms with E-state index >= 15 is 0 Å². The van der Waals surface area contributed by atoms with Crippen molar-refractivity contribution in [1.29, 1.82) is 0 Å². The molecule has 2 N–H and O–H groups in total. The number of fused-ring (bicyclic) bond motifs is 1. The van der Waals surface area contributed by atoms with Crippen molar-refractivity contribution < 1.29 is 15.7 Å². The Balaban J connectivity index is 1.81. The molecule has 0 aliphatic carbocycles. The molecule has 0 bridgehead atoms. The van der Waals surface area contributed by atoms with Gasteiger partial charge in [-0.3, -0.25) is 9.59 Å². The van der Waals surface area contributed by atoms with Gasteiger partial charge in [-0.2, -0.15) is 0 Å². The first-order valence-corrected chi connectivity index (χ1v) is 7.56. The number of amides is 2. The Bertz CT molecular complexity index is 602. The van der Waals surface area contributed by atoms with E-state index in [1.807, 2.05) is 6.08 Å². The van der Waals surface area contributed by atoms with E-state index in [0.29, 0.717) is 36.2 Å². The van der Waals surface area contributed by atoms with Crippen LogP contribution in [0.3, 0.4) is 0 Å². The van der Waals surface area contributed by atoms with Gasteiger partial charge in [0.25, 0.3) is 11.8 Å². The third-order valence-electron chi connectivity index (χ3n) is 3.98. The first-order chi connectivity index (χ1) is 10.9. The molecule has 0 fully saturated rings. The maximum Gasteiger partial charge on any atom is 0.274 e. The number of carbonyl (C=O) groups is 2. The number of hydrazine groups is 1. The SMILES string of the molecule is [2H]N1C(CC(C)C)C=C2NC3=C(CN(CCOC)C3=O)C(=O)N21. The monoisotopic (exact) mass is 307 g/mol. The van der Waals surface area contributed by atoms with Gasteiger partial charge in [-0.05, 0) is 18.4 Å². The summed E-state index contributed by atoms with van der Waals surface area (Å²) in [5, 5.41) is 4.37. The normalized spacial score (nSPS) is 25.5. The van der Waals surface area contributed by atoms with Gasteiger partial charge in [-0.25, -0.2) is 10.4 Å². The molecule has 0 radical (unpaired) electrons. The highest BCUT2D eigenvalue weighted by Crippen LogP contribution is 2.28.